The van der Waals surface area contributed by atoms with Gasteiger partial charge < -0.3 is 10.6 Å². The number of carbonyl (C=O) groups excluding carboxylic acids is 1. The first-order chi connectivity index (χ1) is 16.2. The van der Waals surface area contributed by atoms with E-state index in [1.807, 2.05) is 46.0 Å². The van der Waals surface area contributed by atoms with Crippen LogP contribution in [0, 0.1) is 18.3 Å². The number of aromatic nitrogens is 4. The number of nitriles is 1. The van der Waals surface area contributed by atoms with E-state index in [-0.39, 0.29) is 17.1 Å². The Morgan fingerprint density at radius 3 is 2.68 bits per heavy atom. The Labute approximate surface area is 202 Å². The van der Waals surface area contributed by atoms with Gasteiger partial charge in [-0.15, -0.1) is 0 Å². The molecule has 0 saturated heterocycles. The molecule has 4 aromatic rings. The summed E-state index contributed by atoms with van der Waals surface area (Å²) in [6, 6.07) is 14.6. The number of amides is 1. The molecule has 8 nitrogen and oxygen atoms in total. The number of halogens is 1. The van der Waals surface area contributed by atoms with E-state index in [0.717, 1.165) is 16.8 Å². The molecule has 1 aromatic carbocycles. The summed E-state index contributed by atoms with van der Waals surface area (Å²) >= 11 is 6.27. The second-order valence-electron chi connectivity index (χ2n) is 8.63. The second-order valence-corrected chi connectivity index (χ2v) is 9.02. The molecule has 0 bridgehead atoms. The first-order valence-electron chi connectivity index (χ1n) is 10.7. The maximum Gasteiger partial charge on any atom is 0.270 e. The Kier molecular flexibility index (Phi) is 6.33. The minimum Gasteiger partial charge on any atom is -0.349 e. The Balaban J connectivity index is 1.89. The quantitative estimate of drug-likeness (QED) is 0.409. The number of hydrogen-bond donors (Lipinski definition) is 2. The summed E-state index contributed by atoms with van der Waals surface area (Å²) < 4.78 is 1.63. The fraction of sp³-hybridized carbons (Fsp3) is 0.240. The molecular formula is C25H24ClN7O. The number of pyridine rings is 1. The molecule has 0 atom stereocenters. The highest BCUT2D eigenvalue weighted by molar-refractivity contribution is 6.29. The van der Waals surface area contributed by atoms with E-state index >= 15 is 0 Å². The molecule has 3 heterocycles. The Hall–Kier alpha value is -3.80. The number of benzene rings is 1. The van der Waals surface area contributed by atoms with Crippen molar-refractivity contribution in [2.24, 2.45) is 0 Å². The Bertz CT molecular complexity index is 1410. The van der Waals surface area contributed by atoms with E-state index in [2.05, 4.69) is 26.7 Å². The third kappa shape index (κ3) is 4.76. The average Bonchev–Trinajstić information content (AvgIpc) is 3.21. The van der Waals surface area contributed by atoms with Crippen molar-refractivity contribution in [3.8, 4) is 28.5 Å². The maximum absolute atomic E-state index is 12.9. The predicted octanol–water partition coefficient (Wildman–Crippen LogP) is 4.02. The number of carbonyl (C=O) groups is 1. The SMILES string of the molecule is CNC(C)(C)CNC(=O)c1ccn2nc(-c3cccc(C#N)c3)c(-c3cc(C)nc(Cl)c3)c2n1. The molecule has 0 unspecified atom stereocenters. The number of likely N-dealkylation sites (N-methyl/N-ethyl adjacent to an activating group) is 1. The summed E-state index contributed by atoms with van der Waals surface area (Å²) in [4.78, 5) is 21.8. The van der Waals surface area contributed by atoms with Crippen LogP contribution >= 0.6 is 11.6 Å². The van der Waals surface area contributed by atoms with Gasteiger partial charge in [0.2, 0.25) is 0 Å². The summed E-state index contributed by atoms with van der Waals surface area (Å²) in [7, 11) is 1.85. The molecule has 0 saturated carbocycles. The molecule has 2 N–H and O–H groups in total. The van der Waals surface area contributed by atoms with Gasteiger partial charge in [-0.3, -0.25) is 4.79 Å². The maximum atomic E-state index is 12.9. The van der Waals surface area contributed by atoms with Crippen molar-refractivity contribution in [1.29, 1.82) is 5.26 Å². The van der Waals surface area contributed by atoms with Gasteiger partial charge in [-0.25, -0.2) is 14.5 Å². The lowest BCUT2D eigenvalue weighted by atomic mass is 10.00. The molecule has 172 valence electrons. The van der Waals surface area contributed by atoms with Gasteiger partial charge >= 0.3 is 0 Å². The topological polar surface area (TPSA) is 108 Å². The van der Waals surface area contributed by atoms with Gasteiger partial charge in [0.05, 0.1) is 17.2 Å². The van der Waals surface area contributed by atoms with Crippen molar-refractivity contribution < 1.29 is 4.79 Å². The lowest BCUT2D eigenvalue weighted by molar-refractivity contribution is 0.0938. The standard InChI is InChI=1S/C25H24ClN7O/c1-15-10-18(12-20(26)30-15)21-22(17-7-5-6-16(11-17)13-27)32-33-9-8-19(31-23(21)33)24(34)29-14-25(2,3)28-4/h5-12,28H,14H2,1-4H3,(H,29,34). The van der Waals surface area contributed by atoms with Crippen LogP contribution in [0.2, 0.25) is 5.15 Å². The zero-order chi connectivity index (χ0) is 24.5. The highest BCUT2D eigenvalue weighted by atomic mass is 35.5. The largest absolute Gasteiger partial charge is 0.349 e. The minimum absolute atomic E-state index is 0.258. The van der Waals surface area contributed by atoms with E-state index in [9.17, 15) is 10.1 Å². The Morgan fingerprint density at radius 1 is 1.18 bits per heavy atom. The predicted molar refractivity (Wildman–Crippen MR) is 132 cm³/mol. The number of nitrogens with one attached hydrogen (secondary N) is 2. The molecule has 0 aliphatic rings. The van der Waals surface area contributed by atoms with Gasteiger partial charge in [0, 0.05) is 29.5 Å². The summed E-state index contributed by atoms with van der Waals surface area (Å²) in [6.07, 6.45) is 1.71. The highest BCUT2D eigenvalue weighted by Crippen LogP contribution is 2.36. The molecular weight excluding hydrogens is 450 g/mol. The molecule has 0 aliphatic carbocycles. The third-order valence-electron chi connectivity index (χ3n) is 5.56. The third-order valence-corrected chi connectivity index (χ3v) is 5.75. The summed E-state index contributed by atoms with van der Waals surface area (Å²) in [5.74, 6) is -0.282. The van der Waals surface area contributed by atoms with E-state index in [4.69, 9.17) is 16.7 Å². The molecule has 4 rings (SSSR count). The number of nitrogens with zero attached hydrogens (tertiary/aromatic N) is 5. The second kappa shape index (κ2) is 9.21. The molecule has 0 spiro atoms. The molecule has 1 amide bonds. The molecule has 0 radical (unpaired) electrons. The minimum atomic E-state index is -0.282. The number of aryl methyl sites for hydroxylation is 1. The first kappa shape index (κ1) is 23.4. The van der Waals surface area contributed by atoms with Crippen LogP contribution in [0.4, 0.5) is 0 Å². The smallest absolute Gasteiger partial charge is 0.270 e. The normalized spacial score (nSPS) is 11.4. The molecule has 3 aromatic heterocycles. The van der Waals surface area contributed by atoms with Gasteiger partial charge in [0.1, 0.15) is 16.5 Å². The number of rotatable bonds is 6. The highest BCUT2D eigenvalue weighted by Gasteiger charge is 2.22. The van der Waals surface area contributed by atoms with Crippen LogP contribution in [0.25, 0.3) is 28.0 Å². The summed E-state index contributed by atoms with van der Waals surface area (Å²) in [6.45, 7) is 6.28. The zero-order valence-electron chi connectivity index (χ0n) is 19.3. The van der Waals surface area contributed by atoms with Crippen molar-refractivity contribution in [3.63, 3.8) is 0 Å². The lowest BCUT2D eigenvalue weighted by Gasteiger charge is -2.24. The van der Waals surface area contributed by atoms with Crippen LogP contribution < -0.4 is 10.6 Å². The monoisotopic (exact) mass is 473 g/mol. The van der Waals surface area contributed by atoms with E-state index in [1.165, 1.54) is 0 Å². The van der Waals surface area contributed by atoms with Crippen LogP contribution in [0.3, 0.4) is 0 Å². The van der Waals surface area contributed by atoms with Crippen molar-refractivity contribution in [2.45, 2.75) is 26.3 Å². The van der Waals surface area contributed by atoms with Crippen LogP contribution in [-0.4, -0.2) is 44.6 Å². The van der Waals surface area contributed by atoms with Gasteiger partial charge in [-0.05, 0) is 63.7 Å². The van der Waals surface area contributed by atoms with Crippen LogP contribution in [0.5, 0.6) is 0 Å². The molecule has 34 heavy (non-hydrogen) atoms. The van der Waals surface area contributed by atoms with Gasteiger partial charge in [-0.2, -0.15) is 10.4 Å². The lowest BCUT2D eigenvalue weighted by Crippen LogP contribution is -2.47. The van der Waals surface area contributed by atoms with Gasteiger partial charge in [-0.1, -0.05) is 23.7 Å². The van der Waals surface area contributed by atoms with E-state index in [0.29, 0.717) is 34.2 Å². The first-order valence-corrected chi connectivity index (χ1v) is 11.1. The van der Waals surface area contributed by atoms with Crippen LogP contribution in [0.1, 0.15) is 35.6 Å². The van der Waals surface area contributed by atoms with Crippen LogP contribution in [0.15, 0.2) is 48.7 Å². The van der Waals surface area contributed by atoms with Crippen molar-refractivity contribution in [2.75, 3.05) is 13.6 Å². The zero-order valence-corrected chi connectivity index (χ0v) is 20.1. The average molecular weight is 474 g/mol. The fourth-order valence-corrected chi connectivity index (χ4v) is 3.76. The fourth-order valence-electron chi connectivity index (χ4n) is 3.51. The van der Waals surface area contributed by atoms with Crippen molar-refractivity contribution >= 4 is 23.2 Å². The van der Waals surface area contributed by atoms with Crippen LogP contribution in [-0.2, 0) is 0 Å². The summed E-state index contributed by atoms with van der Waals surface area (Å²) in [5.41, 5.74) is 4.62. The number of fused-ring (bicyclic) bond motifs is 1. The van der Waals surface area contributed by atoms with Gasteiger partial charge in [0.15, 0.2) is 5.65 Å². The van der Waals surface area contributed by atoms with Gasteiger partial charge in [0.25, 0.3) is 5.91 Å². The van der Waals surface area contributed by atoms with E-state index in [1.54, 1.807) is 35.0 Å². The molecule has 0 fully saturated rings. The molecule has 9 heteroatoms. The van der Waals surface area contributed by atoms with Crippen molar-refractivity contribution in [1.82, 2.24) is 30.2 Å². The Morgan fingerprint density at radius 2 is 1.97 bits per heavy atom. The number of hydrogen-bond acceptors (Lipinski definition) is 6. The van der Waals surface area contributed by atoms with E-state index < -0.39 is 0 Å². The van der Waals surface area contributed by atoms with Crippen molar-refractivity contribution in [3.05, 3.63) is 70.8 Å². The summed E-state index contributed by atoms with van der Waals surface area (Å²) in [5, 5.41) is 20.5. The molecule has 0 aliphatic heterocycles.